The van der Waals surface area contributed by atoms with Crippen LogP contribution in [-0.4, -0.2) is 10.9 Å². The summed E-state index contributed by atoms with van der Waals surface area (Å²) in [7, 11) is 0. The van der Waals surface area contributed by atoms with E-state index in [0.29, 0.717) is 5.56 Å². The monoisotopic (exact) mass is 308 g/mol. The lowest BCUT2D eigenvalue weighted by Crippen LogP contribution is -2.15. The zero-order chi connectivity index (χ0) is 14.7. The number of nitrogens with zero attached hydrogens (tertiary/aromatic N) is 1. The number of amides is 1. The molecule has 1 aromatic carbocycles. The van der Waals surface area contributed by atoms with Crippen LogP contribution in [0.5, 0.6) is 0 Å². The lowest BCUT2D eigenvalue weighted by Gasteiger charge is -2.13. The molecular formula is C15H14Cl2N2O. The summed E-state index contributed by atoms with van der Waals surface area (Å²) in [5.41, 5.74) is 3.23. The van der Waals surface area contributed by atoms with E-state index in [-0.39, 0.29) is 16.1 Å². The van der Waals surface area contributed by atoms with Gasteiger partial charge in [0.1, 0.15) is 5.15 Å². The van der Waals surface area contributed by atoms with Gasteiger partial charge in [0.05, 0.1) is 10.6 Å². The van der Waals surface area contributed by atoms with E-state index in [1.165, 1.54) is 12.3 Å². The average Bonchev–Trinajstić information content (AvgIpc) is 2.43. The van der Waals surface area contributed by atoms with Crippen molar-refractivity contribution in [2.75, 3.05) is 5.32 Å². The summed E-state index contributed by atoms with van der Waals surface area (Å²) in [5.74, 6) is -0.289. The second-order valence-electron chi connectivity index (χ2n) is 4.40. The van der Waals surface area contributed by atoms with E-state index in [0.717, 1.165) is 23.2 Å². The largest absolute Gasteiger partial charge is 0.321 e. The van der Waals surface area contributed by atoms with Crippen LogP contribution in [0.1, 0.15) is 28.4 Å². The molecule has 1 N–H and O–H groups in total. The summed E-state index contributed by atoms with van der Waals surface area (Å²) in [6.45, 7) is 4.00. The third-order valence-electron chi connectivity index (χ3n) is 3.05. The number of hydrogen-bond acceptors (Lipinski definition) is 2. The van der Waals surface area contributed by atoms with Crippen molar-refractivity contribution in [2.45, 2.75) is 20.3 Å². The number of carbonyl (C=O) groups is 1. The Morgan fingerprint density at radius 2 is 2.10 bits per heavy atom. The van der Waals surface area contributed by atoms with E-state index in [4.69, 9.17) is 23.2 Å². The highest BCUT2D eigenvalue weighted by Crippen LogP contribution is 2.24. The van der Waals surface area contributed by atoms with Gasteiger partial charge in [-0.05, 0) is 30.5 Å². The Morgan fingerprint density at radius 1 is 1.35 bits per heavy atom. The molecule has 0 aliphatic rings. The topological polar surface area (TPSA) is 42.0 Å². The van der Waals surface area contributed by atoms with Crippen LogP contribution in [0, 0.1) is 6.92 Å². The fourth-order valence-corrected chi connectivity index (χ4v) is 2.32. The molecule has 0 unspecified atom stereocenters. The Kier molecular flexibility index (Phi) is 4.63. The zero-order valence-corrected chi connectivity index (χ0v) is 12.7. The minimum absolute atomic E-state index is 0.236. The quantitative estimate of drug-likeness (QED) is 0.848. The summed E-state index contributed by atoms with van der Waals surface area (Å²) in [5, 5.41) is 3.42. The number of aryl methyl sites for hydroxylation is 2. The summed E-state index contributed by atoms with van der Waals surface area (Å²) in [6.07, 6.45) is 2.21. The van der Waals surface area contributed by atoms with Crippen molar-refractivity contribution in [2.24, 2.45) is 0 Å². The maximum absolute atomic E-state index is 12.3. The van der Waals surface area contributed by atoms with E-state index in [2.05, 4.69) is 10.3 Å². The minimum atomic E-state index is -0.289. The van der Waals surface area contributed by atoms with Crippen LogP contribution in [0.3, 0.4) is 0 Å². The fraction of sp³-hybridized carbons (Fsp3) is 0.200. The highest BCUT2D eigenvalue weighted by molar-refractivity contribution is 6.35. The maximum atomic E-state index is 12.3. The molecule has 5 heteroatoms. The van der Waals surface area contributed by atoms with Gasteiger partial charge in [0.2, 0.25) is 0 Å². The molecule has 3 nitrogen and oxygen atoms in total. The molecule has 0 radical (unpaired) electrons. The molecule has 0 atom stereocenters. The van der Waals surface area contributed by atoms with E-state index in [1.807, 2.05) is 32.0 Å². The van der Waals surface area contributed by atoms with E-state index in [1.54, 1.807) is 0 Å². The molecule has 0 aliphatic heterocycles. The highest BCUT2D eigenvalue weighted by Gasteiger charge is 2.14. The normalized spacial score (nSPS) is 10.4. The van der Waals surface area contributed by atoms with Gasteiger partial charge in [-0.3, -0.25) is 4.79 Å². The van der Waals surface area contributed by atoms with Gasteiger partial charge in [0, 0.05) is 11.9 Å². The van der Waals surface area contributed by atoms with Gasteiger partial charge in [-0.1, -0.05) is 48.3 Å². The van der Waals surface area contributed by atoms with Crippen LogP contribution < -0.4 is 5.32 Å². The number of anilines is 1. The lowest BCUT2D eigenvalue weighted by atomic mass is 10.1. The summed E-state index contributed by atoms with van der Waals surface area (Å²) in [6, 6.07) is 7.38. The number of carbonyl (C=O) groups excluding carboxylic acids is 1. The zero-order valence-electron chi connectivity index (χ0n) is 11.2. The number of rotatable bonds is 3. The van der Waals surface area contributed by atoms with Crippen LogP contribution in [0.2, 0.25) is 10.2 Å². The average molecular weight is 309 g/mol. The van der Waals surface area contributed by atoms with Crippen LogP contribution in [-0.2, 0) is 6.42 Å². The minimum Gasteiger partial charge on any atom is -0.321 e. The Morgan fingerprint density at radius 3 is 2.80 bits per heavy atom. The van der Waals surface area contributed by atoms with Crippen LogP contribution in [0.25, 0.3) is 0 Å². The first-order chi connectivity index (χ1) is 9.52. The molecule has 1 aromatic heterocycles. The molecule has 2 aromatic rings. The van der Waals surface area contributed by atoms with Crippen molar-refractivity contribution < 1.29 is 4.79 Å². The molecule has 0 bridgehead atoms. The van der Waals surface area contributed by atoms with Gasteiger partial charge >= 0.3 is 0 Å². The first-order valence-corrected chi connectivity index (χ1v) is 6.99. The Bertz CT molecular complexity index is 656. The molecule has 0 fully saturated rings. The van der Waals surface area contributed by atoms with Crippen molar-refractivity contribution in [1.29, 1.82) is 0 Å². The van der Waals surface area contributed by atoms with E-state index in [9.17, 15) is 4.79 Å². The molecule has 104 valence electrons. The third kappa shape index (κ3) is 3.11. The van der Waals surface area contributed by atoms with Gasteiger partial charge < -0.3 is 5.32 Å². The summed E-state index contributed by atoms with van der Waals surface area (Å²) in [4.78, 5) is 16.2. The van der Waals surface area contributed by atoms with Crippen LogP contribution >= 0.6 is 23.2 Å². The molecule has 0 spiro atoms. The highest BCUT2D eigenvalue weighted by atomic mass is 35.5. The number of hydrogen-bond donors (Lipinski definition) is 1. The van der Waals surface area contributed by atoms with Crippen molar-refractivity contribution in [3.05, 3.63) is 57.3 Å². The van der Waals surface area contributed by atoms with E-state index >= 15 is 0 Å². The predicted octanol–water partition coefficient (Wildman–Crippen LogP) is 4.51. The number of halogens is 2. The number of aromatic nitrogens is 1. The summed E-state index contributed by atoms with van der Waals surface area (Å²) < 4.78 is 0. The Labute approximate surface area is 127 Å². The van der Waals surface area contributed by atoms with Gasteiger partial charge in [-0.25, -0.2) is 4.98 Å². The smallest absolute Gasteiger partial charge is 0.257 e. The third-order valence-corrected chi connectivity index (χ3v) is 3.55. The Balaban J connectivity index is 2.35. The predicted molar refractivity (Wildman–Crippen MR) is 82.8 cm³/mol. The van der Waals surface area contributed by atoms with Gasteiger partial charge in [0.15, 0.2) is 0 Å². The second kappa shape index (κ2) is 6.25. The van der Waals surface area contributed by atoms with Gasteiger partial charge in [-0.2, -0.15) is 0 Å². The summed E-state index contributed by atoms with van der Waals surface area (Å²) >= 11 is 11.8. The molecule has 2 rings (SSSR count). The number of pyridine rings is 1. The molecule has 1 heterocycles. The molecule has 1 amide bonds. The lowest BCUT2D eigenvalue weighted by molar-refractivity contribution is 0.102. The van der Waals surface area contributed by atoms with Gasteiger partial charge in [-0.15, -0.1) is 0 Å². The maximum Gasteiger partial charge on any atom is 0.257 e. The van der Waals surface area contributed by atoms with Crippen LogP contribution in [0.4, 0.5) is 5.69 Å². The molecular weight excluding hydrogens is 295 g/mol. The molecule has 0 aliphatic carbocycles. The first kappa shape index (κ1) is 14.8. The molecule has 0 saturated carbocycles. The SMILES string of the molecule is CCc1cccc(C)c1NC(=O)c1cc(Cl)ncc1Cl. The Hall–Kier alpha value is -1.58. The molecule has 20 heavy (non-hydrogen) atoms. The number of nitrogens with one attached hydrogen (secondary N) is 1. The first-order valence-electron chi connectivity index (χ1n) is 6.23. The van der Waals surface area contributed by atoms with Crippen molar-refractivity contribution >= 4 is 34.8 Å². The number of benzene rings is 1. The standard InChI is InChI=1S/C15H14Cl2N2O/c1-3-10-6-4-5-9(2)14(10)19-15(20)11-7-13(17)18-8-12(11)16/h4-8H,3H2,1-2H3,(H,19,20). The fourth-order valence-electron chi connectivity index (χ4n) is 1.97. The van der Waals surface area contributed by atoms with Crippen molar-refractivity contribution in [3.8, 4) is 0 Å². The van der Waals surface area contributed by atoms with Gasteiger partial charge in [0.25, 0.3) is 5.91 Å². The van der Waals surface area contributed by atoms with Crippen molar-refractivity contribution in [1.82, 2.24) is 4.98 Å². The van der Waals surface area contributed by atoms with Crippen LogP contribution in [0.15, 0.2) is 30.5 Å². The molecule has 0 saturated heterocycles. The number of para-hydroxylation sites is 1. The second-order valence-corrected chi connectivity index (χ2v) is 5.20. The van der Waals surface area contributed by atoms with E-state index < -0.39 is 0 Å². The van der Waals surface area contributed by atoms with Crippen molar-refractivity contribution in [3.63, 3.8) is 0 Å².